The van der Waals surface area contributed by atoms with Gasteiger partial charge in [0, 0.05) is 17.0 Å². The molecule has 0 aromatic heterocycles. The first-order valence-corrected chi connectivity index (χ1v) is 7.58. The van der Waals surface area contributed by atoms with Gasteiger partial charge in [0.25, 0.3) is 0 Å². The number of carbonyl (C=O) groups is 1. The minimum absolute atomic E-state index is 0.197. The smallest absolute Gasteiger partial charge is 0.227 e. The van der Waals surface area contributed by atoms with Gasteiger partial charge in [0.1, 0.15) is 0 Å². The third-order valence-electron chi connectivity index (χ3n) is 4.24. The van der Waals surface area contributed by atoms with E-state index in [0.717, 1.165) is 17.5 Å². The van der Waals surface area contributed by atoms with Crippen LogP contribution in [0.25, 0.3) is 10.8 Å². The van der Waals surface area contributed by atoms with Gasteiger partial charge in [0.05, 0.1) is 0 Å². The molecule has 104 valence electrons. The van der Waals surface area contributed by atoms with Crippen LogP contribution in [0, 0.1) is 11.8 Å². The Hall–Kier alpha value is -1.83. The predicted octanol–water partition coefficient (Wildman–Crippen LogP) is 4.60. The van der Waals surface area contributed by atoms with Crippen LogP contribution in [0.2, 0.25) is 0 Å². The van der Waals surface area contributed by atoms with Gasteiger partial charge in [-0.2, -0.15) is 0 Å². The van der Waals surface area contributed by atoms with Gasteiger partial charge in [0.2, 0.25) is 5.91 Å². The highest BCUT2D eigenvalue weighted by atomic mass is 16.2. The summed E-state index contributed by atoms with van der Waals surface area (Å²) in [5.41, 5.74) is 0.939. The van der Waals surface area contributed by atoms with Crippen molar-refractivity contribution in [2.45, 2.75) is 32.6 Å². The van der Waals surface area contributed by atoms with E-state index < -0.39 is 0 Å². The van der Waals surface area contributed by atoms with Crippen LogP contribution in [0.4, 0.5) is 5.69 Å². The average Bonchev–Trinajstić information content (AvgIpc) is 3.25. The van der Waals surface area contributed by atoms with E-state index in [1.807, 2.05) is 24.3 Å². The molecule has 0 saturated heterocycles. The number of benzene rings is 2. The fourth-order valence-electron chi connectivity index (χ4n) is 2.91. The fraction of sp³-hybridized carbons (Fsp3) is 0.389. The monoisotopic (exact) mass is 267 g/mol. The zero-order valence-corrected chi connectivity index (χ0v) is 11.9. The molecule has 1 fully saturated rings. The molecule has 2 nitrogen and oxygen atoms in total. The second-order valence-electron chi connectivity index (χ2n) is 5.76. The summed E-state index contributed by atoms with van der Waals surface area (Å²) < 4.78 is 0. The van der Waals surface area contributed by atoms with Crippen molar-refractivity contribution >= 4 is 22.4 Å². The van der Waals surface area contributed by atoms with Crippen LogP contribution in [-0.2, 0) is 4.79 Å². The summed E-state index contributed by atoms with van der Waals surface area (Å²) in [5, 5.41) is 5.40. The molecule has 0 bridgehead atoms. The van der Waals surface area contributed by atoms with Crippen LogP contribution < -0.4 is 5.32 Å². The molecule has 0 heterocycles. The average molecular weight is 267 g/mol. The van der Waals surface area contributed by atoms with Crippen LogP contribution in [0.15, 0.2) is 42.5 Å². The first-order valence-electron chi connectivity index (χ1n) is 7.58. The van der Waals surface area contributed by atoms with Crippen molar-refractivity contribution in [3.63, 3.8) is 0 Å². The molecule has 0 spiro atoms. The molecule has 2 aromatic rings. The lowest BCUT2D eigenvalue weighted by molar-refractivity contribution is -0.117. The number of fused-ring (bicyclic) bond motifs is 1. The topological polar surface area (TPSA) is 29.1 Å². The molecule has 0 aliphatic heterocycles. The molecule has 2 heteroatoms. The van der Waals surface area contributed by atoms with Crippen molar-refractivity contribution in [3.05, 3.63) is 42.5 Å². The Morgan fingerprint density at radius 2 is 2.00 bits per heavy atom. The highest BCUT2D eigenvalue weighted by Crippen LogP contribution is 2.43. The second kappa shape index (κ2) is 5.66. The van der Waals surface area contributed by atoms with E-state index >= 15 is 0 Å². The predicted molar refractivity (Wildman–Crippen MR) is 83.7 cm³/mol. The van der Waals surface area contributed by atoms with Gasteiger partial charge in [-0.1, -0.05) is 56.2 Å². The molecule has 0 unspecified atom stereocenters. The van der Waals surface area contributed by atoms with E-state index in [-0.39, 0.29) is 11.8 Å². The highest BCUT2D eigenvalue weighted by Gasteiger charge is 2.42. The molecule has 0 radical (unpaired) electrons. The van der Waals surface area contributed by atoms with Gasteiger partial charge in [-0.15, -0.1) is 0 Å². The van der Waals surface area contributed by atoms with Crippen molar-refractivity contribution in [1.29, 1.82) is 0 Å². The summed E-state index contributed by atoms with van der Waals surface area (Å²) in [6.07, 6.45) is 4.72. The van der Waals surface area contributed by atoms with E-state index in [0.29, 0.717) is 5.92 Å². The van der Waals surface area contributed by atoms with Crippen molar-refractivity contribution in [3.8, 4) is 0 Å². The zero-order chi connectivity index (χ0) is 13.9. The van der Waals surface area contributed by atoms with E-state index in [1.165, 1.54) is 24.6 Å². The van der Waals surface area contributed by atoms with Gasteiger partial charge < -0.3 is 5.32 Å². The number of rotatable bonds is 5. The Bertz CT molecular complexity index is 614. The Morgan fingerprint density at radius 3 is 2.85 bits per heavy atom. The standard InChI is InChI=1S/C18H21NO/c1-2-3-7-14-12-16(14)18(20)19-17-11-6-9-13-8-4-5-10-15(13)17/h4-6,8-11,14,16H,2-3,7,12H2,1H3,(H,19,20)/t14-,16-/m1/s1. The summed E-state index contributed by atoms with van der Waals surface area (Å²) in [6.45, 7) is 2.20. The van der Waals surface area contributed by atoms with Gasteiger partial charge >= 0.3 is 0 Å². The minimum atomic E-state index is 0.197. The van der Waals surface area contributed by atoms with E-state index in [9.17, 15) is 4.79 Å². The maximum Gasteiger partial charge on any atom is 0.227 e. The van der Waals surface area contributed by atoms with Crippen molar-refractivity contribution in [2.75, 3.05) is 5.32 Å². The number of amides is 1. The van der Waals surface area contributed by atoms with Crippen LogP contribution in [0.3, 0.4) is 0 Å². The van der Waals surface area contributed by atoms with E-state index in [1.54, 1.807) is 0 Å². The van der Waals surface area contributed by atoms with E-state index in [4.69, 9.17) is 0 Å². The molecule has 1 N–H and O–H groups in total. The summed E-state index contributed by atoms with van der Waals surface area (Å²) in [7, 11) is 0. The molecule has 1 aliphatic rings. The maximum atomic E-state index is 12.3. The van der Waals surface area contributed by atoms with Gasteiger partial charge in [-0.25, -0.2) is 0 Å². The first-order chi connectivity index (χ1) is 9.79. The van der Waals surface area contributed by atoms with Crippen LogP contribution >= 0.6 is 0 Å². The van der Waals surface area contributed by atoms with Crippen LogP contribution in [0.1, 0.15) is 32.6 Å². The Balaban J connectivity index is 1.70. The van der Waals surface area contributed by atoms with Crippen molar-refractivity contribution in [2.24, 2.45) is 11.8 Å². The number of hydrogen-bond donors (Lipinski definition) is 1. The first kappa shape index (κ1) is 13.2. The zero-order valence-electron chi connectivity index (χ0n) is 11.9. The quantitative estimate of drug-likeness (QED) is 0.842. The van der Waals surface area contributed by atoms with Crippen LogP contribution in [-0.4, -0.2) is 5.91 Å². The molecular weight excluding hydrogens is 246 g/mol. The number of unbranched alkanes of at least 4 members (excludes halogenated alkanes) is 1. The summed E-state index contributed by atoms with van der Waals surface area (Å²) in [6, 6.07) is 14.2. The van der Waals surface area contributed by atoms with Crippen LogP contribution in [0.5, 0.6) is 0 Å². The third kappa shape index (κ3) is 2.69. The van der Waals surface area contributed by atoms with Crippen molar-refractivity contribution in [1.82, 2.24) is 0 Å². The van der Waals surface area contributed by atoms with Gasteiger partial charge in [0.15, 0.2) is 0 Å². The number of hydrogen-bond acceptors (Lipinski definition) is 1. The van der Waals surface area contributed by atoms with Gasteiger partial charge in [-0.3, -0.25) is 4.79 Å². The van der Waals surface area contributed by atoms with Gasteiger partial charge in [-0.05, 0) is 30.2 Å². The largest absolute Gasteiger partial charge is 0.325 e. The third-order valence-corrected chi connectivity index (χ3v) is 4.24. The molecule has 1 aliphatic carbocycles. The molecule has 1 saturated carbocycles. The molecule has 3 rings (SSSR count). The summed E-state index contributed by atoms with van der Waals surface area (Å²) in [4.78, 5) is 12.3. The lowest BCUT2D eigenvalue weighted by Crippen LogP contribution is -2.15. The fourth-order valence-corrected chi connectivity index (χ4v) is 2.91. The van der Waals surface area contributed by atoms with Crippen molar-refractivity contribution < 1.29 is 4.79 Å². The van der Waals surface area contributed by atoms with E-state index in [2.05, 4.69) is 30.4 Å². The Morgan fingerprint density at radius 1 is 1.20 bits per heavy atom. The molecule has 1 amide bonds. The number of anilines is 1. The molecular formula is C18H21NO. The Labute approximate surface area is 120 Å². The number of nitrogens with one attached hydrogen (secondary N) is 1. The number of carbonyl (C=O) groups excluding carboxylic acids is 1. The minimum Gasteiger partial charge on any atom is -0.325 e. The lowest BCUT2D eigenvalue weighted by atomic mass is 10.1. The highest BCUT2D eigenvalue weighted by molar-refractivity contribution is 6.03. The molecule has 2 atom stereocenters. The molecule has 2 aromatic carbocycles. The summed E-state index contributed by atoms with van der Waals surface area (Å²) in [5.74, 6) is 1.05. The molecule has 20 heavy (non-hydrogen) atoms. The second-order valence-corrected chi connectivity index (χ2v) is 5.76. The summed E-state index contributed by atoms with van der Waals surface area (Å²) >= 11 is 0. The Kier molecular flexibility index (Phi) is 3.72. The normalized spacial score (nSPS) is 20.9. The lowest BCUT2D eigenvalue weighted by Gasteiger charge is -2.08. The SMILES string of the molecule is CCCC[C@@H]1C[C@H]1C(=O)Nc1cccc2ccccc12. The maximum absolute atomic E-state index is 12.3.